The van der Waals surface area contributed by atoms with Gasteiger partial charge in [0, 0.05) is 18.7 Å². The van der Waals surface area contributed by atoms with Crippen molar-refractivity contribution in [2.75, 3.05) is 32.9 Å². The Labute approximate surface area is 171 Å². The van der Waals surface area contributed by atoms with Crippen LogP contribution in [0.2, 0.25) is 0 Å². The number of hydrazone groups is 1. The highest BCUT2D eigenvalue weighted by molar-refractivity contribution is 9.10. The number of amides is 2. The van der Waals surface area contributed by atoms with Crippen LogP contribution in [0.15, 0.2) is 58.1 Å². The van der Waals surface area contributed by atoms with Gasteiger partial charge in [-0.05, 0) is 51.8 Å². The van der Waals surface area contributed by atoms with Gasteiger partial charge in [-0.15, -0.1) is 0 Å². The van der Waals surface area contributed by atoms with Gasteiger partial charge in [0.1, 0.15) is 5.75 Å². The Morgan fingerprint density at radius 3 is 2.64 bits per heavy atom. The van der Waals surface area contributed by atoms with Crippen molar-refractivity contribution in [1.82, 2.24) is 10.3 Å². The lowest BCUT2D eigenvalue weighted by Gasteiger charge is -2.26. The second-order valence-electron chi connectivity index (χ2n) is 6.04. The maximum absolute atomic E-state index is 12.1. The first-order chi connectivity index (χ1) is 13.6. The Bertz CT molecular complexity index is 852. The van der Waals surface area contributed by atoms with E-state index in [1.807, 2.05) is 6.07 Å². The van der Waals surface area contributed by atoms with Gasteiger partial charge in [0.05, 0.1) is 23.9 Å². The molecule has 0 radical (unpaired) electrons. The van der Waals surface area contributed by atoms with E-state index < -0.39 is 0 Å². The van der Waals surface area contributed by atoms with Gasteiger partial charge in [-0.3, -0.25) is 9.59 Å². The molecular formula is C20H20BrN3O4. The Kier molecular flexibility index (Phi) is 7.16. The first kappa shape index (κ1) is 20.0. The maximum atomic E-state index is 12.1. The number of ether oxygens (including phenoxy) is 2. The van der Waals surface area contributed by atoms with Gasteiger partial charge in [-0.2, -0.15) is 5.10 Å². The number of carbonyl (C=O) groups is 2. The Balaban J connectivity index is 1.52. The molecule has 28 heavy (non-hydrogen) atoms. The molecule has 8 heteroatoms. The highest BCUT2D eigenvalue weighted by Crippen LogP contribution is 2.25. The van der Waals surface area contributed by atoms with Crippen LogP contribution in [0.1, 0.15) is 15.9 Å². The normalized spacial score (nSPS) is 14.1. The molecule has 1 fully saturated rings. The largest absolute Gasteiger partial charge is 0.483 e. The highest BCUT2D eigenvalue weighted by atomic mass is 79.9. The molecule has 1 saturated heterocycles. The second-order valence-corrected chi connectivity index (χ2v) is 6.89. The number of hydrogen-bond acceptors (Lipinski definition) is 5. The Morgan fingerprint density at radius 1 is 1.18 bits per heavy atom. The van der Waals surface area contributed by atoms with E-state index in [4.69, 9.17) is 9.47 Å². The van der Waals surface area contributed by atoms with Gasteiger partial charge in [0.15, 0.2) is 6.61 Å². The van der Waals surface area contributed by atoms with E-state index >= 15 is 0 Å². The summed E-state index contributed by atoms with van der Waals surface area (Å²) in [6.07, 6.45) is 1.54. The molecule has 2 aromatic rings. The fourth-order valence-electron chi connectivity index (χ4n) is 2.58. The average molecular weight is 446 g/mol. The first-order valence-electron chi connectivity index (χ1n) is 8.80. The molecule has 2 amide bonds. The summed E-state index contributed by atoms with van der Waals surface area (Å²) in [5.41, 5.74) is 3.79. The number of morpholine rings is 1. The van der Waals surface area contributed by atoms with Crippen LogP contribution in [0, 0.1) is 0 Å². The Morgan fingerprint density at radius 2 is 1.93 bits per heavy atom. The van der Waals surface area contributed by atoms with Crippen LogP contribution in [0.25, 0.3) is 0 Å². The lowest BCUT2D eigenvalue weighted by molar-refractivity contribution is -0.137. The quantitative estimate of drug-likeness (QED) is 0.546. The van der Waals surface area contributed by atoms with E-state index in [2.05, 4.69) is 26.5 Å². The van der Waals surface area contributed by atoms with Crippen LogP contribution in [0.3, 0.4) is 0 Å². The van der Waals surface area contributed by atoms with Crippen molar-refractivity contribution in [3.8, 4) is 5.75 Å². The predicted octanol–water partition coefficient (Wildman–Crippen LogP) is 2.45. The van der Waals surface area contributed by atoms with Crippen molar-refractivity contribution >= 4 is 34.0 Å². The average Bonchev–Trinajstić information content (AvgIpc) is 2.74. The van der Waals surface area contributed by atoms with Gasteiger partial charge in [-0.25, -0.2) is 5.43 Å². The monoisotopic (exact) mass is 445 g/mol. The molecule has 1 aliphatic heterocycles. The summed E-state index contributed by atoms with van der Waals surface area (Å²) >= 11 is 3.43. The van der Waals surface area contributed by atoms with Crippen molar-refractivity contribution < 1.29 is 19.1 Å². The highest BCUT2D eigenvalue weighted by Gasteiger charge is 2.17. The zero-order valence-electron chi connectivity index (χ0n) is 15.1. The zero-order valence-corrected chi connectivity index (χ0v) is 16.7. The molecule has 0 unspecified atom stereocenters. The van der Waals surface area contributed by atoms with E-state index in [-0.39, 0.29) is 18.4 Å². The van der Waals surface area contributed by atoms with Crippen LogP contribution in [-0.2, 0) is 9.53 Å². The molecule has 146 valence electrons. The molecule has 3 rings (SSSR count). The maximum Gasteiger partial charge on any atom is 0.271 e. The van der Waals surface area contributed by atoms with Crippen LogP contribution in [0.4, 0.5) is 0 Å². The van der Waals surface area contributed by atoms with Crippen molar-refractivity contribution in [3.63, 3.8) is 0 Å². The molecule has 0 spiro atoms. The van der Waals surface area contributed by atoms with Crippen LogP contribution in [-0.4, -0.2) is 55.8 Å². The fraction of sp³-hybridized carbons (Fsp3) is 0.250. The number of carbonyl (C=O) groups excluding carboxylic acids is 2. The topological polar surface area (TPSA) is 80.2 Å². The molecule has 1 N–H and O–H groups in total. The summed E-state index contributed by atoms with van der Waals surface area (Å²) in [7, 11) is 0. The molecular weight excluding hydrogens is 426 g/mol. The van der Waals surface area contributed by atoms with E-state index in [1.165, 1.54) is 6.21 Å². The summed E-state index contributed by atoms with van der Waals surface area (Å²) in [6.45, 7) is 2.27. The third-order valence-electron chi connectivity index (χ3n) is 4.09. The van der Waals surface area contributed by atoms with Gasteiger partial charge < -0.3 is 14.4 Å². The minimum absolute atomic E-state index is 0.0286. The van der Waals surface area contributed by atoms with Crippen molar-refractivity contribution in [2.45, 2.75) is 0 Å². The summed E-state index contributed by atoms with van der Waals surface area (Å²) in [5.74, 6) is 0.217. The van der Waals surface area contributed by atoms with Crippen molar-refractivity contribution in [3.05, 3.63) is 64.1 Å². The molecule has 0 saturated carbocycles. The predicted molar refractivity (Wildman–Crippen MR) is 109 cm³/mol. The van der Waals surface area contributed by atoms with Crippen LogP contribution >= 0.6 is 15.9 Å². The molecule has 0 bridgehead atoms. The third-order valence-corrected chi connectivity index (χ3v) is 4.71. The van der Waals surface area contributed by atoms with Gasteiger partial charge in [0.25, 0.3) is 11.8 Å². The molecule has 1 aliphatic rings. The molecule has 0 aliphatic carbocycles. The van der Waals surface area contributed by atoms with E-state index in [0.717, 1.165) is 5.56 Å². The minimum Gasteiger partial charge on any atom is -0.483 e. The lowest BCUT2D eigenvalue weighted by atomic mass is 10.2. The smallest absolute Gasteiger partial charge is 0.271 e. The minimum atomic E-state index is -0.280. The molecule has 0 aromatic heterocycles. The Hall–Kier alpha value is -2.71. The second kappa shape index (κ2) is 10.0. The fourth-order valence-corrected chi connectivity index (χ4v) is 3.09. The SMILES string of the molecule is O=C(NN=Cc1ccc(OCC(=O)N2CCOCC2)c(Br)c1)c1ccccc1. The molecule has 1 heterocycles. The number of hydrogen-bond donors (Lipinski definition) is 1. The lowest BCUT2D eigenvalue weighted by Crippen LogP contribution is -2.43. The number of nitrogens with zero attached hydrogens (tertiary/aromatic N) is 2. The van der Waals surface area contributed by atoms with Gasteiger partial charge in [-0.1, -0.05) is 18.2 Å². The number of benzene rings is 2. The first-order valence-corrected chi connectivity index (χ1v) is 9.59. The standard InChI is InChI=1S/C20H20BrN3O4/c21-17-12-15(13-22-23-20(26)16-4-2-1-3-5-16)6-7-18(17)28-14-19(25)24-8-10-27-11-9-24/h1-7,12-13H,8-11,14H2,(H,23,26). The van der Waals surface area contributed by atoms with Crippen LogP contribution in [0.5, 0.6) is 5.75 Å². The number of nitrogens with one attached hydrogen (secondary N) is 1. The molecule has 7 nitrogen and oxygen atoms in total. The van der Waals surface area contributed by atoms with Crippen molar-refractivity contribution in [1.29, 1.82) is 0 Å². The summed E-state index contributed by atoms with van der Waals surface area (Å²) in [6, 6.07) is 14.2. The third kappa shape index (κ3) is 5.64. The van der Waals surface area contributed by atoms with Crippen molar-refractivity contribution in [2.24, 2.45) is 5.10 Å². The number of halogens is 1. The van der Waals surface area contributed by atoms with E-state index in [1.54, 1.807) is 47.4 Å². The number of rotatable bonds is 6. The van der Waals surface area contributed by atoms with E-state index in [0.29, 0.717) is 42.1 Å². The zero-order chi connectivity index (χ0) is 19.8. The van der Waals surface area contributed by atoms with Gasteiger partial charge >= 0.3 is 0 Å². The summed E-state index contributed by atoms with van der Waals surface area (Å²) < 4.78 is 11.5. The van der Waals surface area contributed by atoms with E-state index in [9.17, 15) is 9.59 Å². The molecule has 0 atom stereocenters. The summed E-state index contributed by atoms with van der Waals surface area (Å²) in [4.78, 5) is 25.8. The van der Waals surface area contributed by atoms with Gasteiger partial charge in [0.2, 0.25) is 0 Å². The van der Waals surface area contributed by atoms with Crippen LogP contribution < -0.4 is 10.2 Å². The summed E-state index contributed by atoms with van der Waals surface area (Å²) in [5, 5.41) is 3.97. The molecule has 2 aromatic carbocycles.